The predicted octanol–water partition coefficient (Wildman–Crippen LogP) is 1.03. The minimum absolute atomic E-state index is 0.0140. The highest BCUT2D eigenvalue weighted by atomic mass is 16.2. The van der Waals surface area contributed by atoms with E-state index < -0.39 is 0 Å². The van der Waals surface area contributed by atoms with Crippen molar-refractivity contribution in [1.29, 1.82) is 0 Å². The lowest BCUT2D eigenvalue weighted by Crippen LogP contribution is -2.67. The second kappa shape index (κ2) is 7.62. The summed E-state index contributed by atoms with van der Waals surface area (Å²) in [6.07, 6.45) is 5.98. The van der Waals surface area contributed by atoms with Crippen LogP contribution in [0.4, 0.5) is 0 Å². The number of rotatable bonds is 5. The van der Waals surface area contributed by atoms with Gasteiger partial charge in [0, 0.05) is 51.8 Å². The Labute approximate surface area is 161 Å². The number of piperidine rings is 3. The van der Waals surface area contributed by atoms with Crippen molar-refractivity contribution < 1.29 is 9.59 Å². The summed E-state index contributed by atoms with van der Waals surface area (Å²) in [4.78, 5) is 28.9. The van der Waals surface area contributed by atoms with Crippen LogP contribution in [0.25, 0.3) is 0 Å². The van der Waals surface area contributed by atoms with E-state index in [0.29, 0.717) is 30.8 Å². The second-order valence-electron chi connectivity index (χ2n) is 8.50. The van der Waals surface area contributed by atoms with Crippen molar-refractivity contribution in [2.24, 2.45) is 11.8 Å². The molecule has 0 unspecified atom stereocenters. The van der Waals surface area contributed by atoms with E-state index in [1.165, 1.54) is 6.42 Å². The zero-order valence-corrected chi connectivity index (χ0v) is 16.4. The first-order valence-electron chi connectivity index (χ1n) is 10.3. The number of amides is 2. The van der Waals surface area contributed by atoms with Crippen LogP contribution in [0.2, 0.25) is 0 Å². The molecule has 4 heterocycles. The summed E-state index contributed by atoms with van der Waals surface area (Å²) in [6.45, 7) is 8.11. The van der Waals surface area contributed by atoms with E-state index in [2.05, 4.69) is 20.2 Å². The molecule has 27 heavy (non-hydrogen) atoms. The molecule has 3 aliphatic heterocycles. The molecule has 2 amide bonds. The van der Waals surface area contributed by atoms with E-state index in [1.54, 1.807) is 6.92 Å². The van der Waals surface area contributed by atoms with E-state index in [1.807, 2.05) is 23.9 Å². The minimum Gasteiger partial charge on any atom is -0.354 e. The van der Waals surface area contributed by atoms with Crippen molar-refractivity contribution in [3.05, 3.63) is 18.0 Å². The van der Waals surface area contributed by atoms with Crippen LogP contribution in [-0.4, -0.2) is 69.7 Å². The monoisotopic (exact) mass is 373 g/mol. The molecule has 0 aromatic carbocycles. The van der Waals surface area contributed by atoms with E-state index in [-0.39, 0.29) is 17.9 Å². The molecular weight excluding hydrogens is 342 g/mol. The molecule has 3 fully saturated rings. The van der Waals surface area contributed by atoms with Crippen LogP contribution in [0.1, 0.15) is 38.3 Å². The maximum atomic E-state index is 12.7. The molecule has 148 valence electrons. The number of nitrogens with zero attached hydrogens (tertiary/aromatic N) is 4. The molecule has 3 saturated heterocycles. The number of aromatic nitrogens is 2. The van der Waals surface area contributed by atoms with Gasteiger partial charge in [-0.05, 0) is 44.1 Å². The standard InChI is InChI=1S/C20H31N5O2/c1-14-6-7-24(22-14)9-8-23-12-16-10-17(13-23)19(11-21-15(2)26)25-18(16)4-3-5-20(25)27/h6-7,16-19H,3-5,8-13H2,1-2H3,(H,21,26)/t16-,17+,18+,19+/m1/s1. The molecule has 4 atom stereocenters. The van der Waals surface area contributed by atoms with Gasteiger partial charge in [0.2, 0.25) is 11.8 Å². The molecule has 3 aliphatic rings. The summed E-state index contributed by atoms with van der Waals surface area (Å²) in [6, 6.07) is 2.52. The van der Waals surface area contributed by atoms with Crippen molar-refractivity contribution in [1.82, 2.24) is 24.9 Å². The van der Waals surface area contributed by atoms with Gasteiger partial charge in [0.05, 0.1) is 18.3 Å². The fourth-order valence-electron chi connectivity index (χ4n) is 5.40. The van der Waals surface area contributed by atoms with Gasteiger partial charge in [-0.2, -0.15) is 5.10 Å². The summed E-state index contributed by atoms with van der Waals surface area (Å²) in [7, 11) is 0. The van der Waals surface area contributed by atoms with Crippen LogP contribution in [0.3, 0.4) is 0 Å². The van der Waals surface area contributed by atoms with Gasteiger partial charge in [0.1, 0.15) is 0 Å². The summed E-state index contributed by atoms with van der Waals surface area (Å²) in [5.74, 6) is 1.27. The smallest absolute Gasteiger partial charge is 0.223 e. The Morgan fingerprint density at radius 1 is 1.30 bits per heavy atom. The highest BCUT2D eigenvalue weighted by Crippen LogP contribution is 2.41. The molecule has 4 rings (SSSR count). The number of carbonyl (C=O) groups is 2. The molecule has 7 nitrogen and oxygen atoms in total. The van der Waals surface area contributed by atoms with Crippen molar-refractivity contribution in [3.63, 3.8) is 0 Å². The molecule has 1 aromatic heterocycles. The van der Waals surface area contributed by atoms with E-state index in [4.69, 9.17) is 0 Å². The first-order valence-corrected chi connectivity index (χ1v) is 10.3. The lowest BCUT2D eigenvalue weighted by atomic mass is 9.72. The largest absolute Gasteiger partial charge is 0.354 e. The third-order valence-electron chi connectivity index (χ3n) is 6.55. The van der Waals surface area contributed by atoms with E-state index >= 15 is 0 Å². The Balaban J connectivity index is 1.47. The molecule has 0 spiro atoms. The third-order valence-corrected chi connectivity index (χ3v) is 6.55. The zero-order valence-electron chi connectivity index (χ0n) is 16.4. The number of likely N-dealkylation sites (tertiary alicyclic amines) is 1. The van der Waals surface area contributed by atoms with Crippen LogP contribution in [0.5, 0.6) is 0 Å². The molecular formula is C20H31N5O2. The molecule has 1 N–H and O–H groups in total. The Kier molecular flexibility index (Phi) is 5.21. The van der Waals surface area contributed by atoms with Gasteiger partial charge in [0.15, 0.2) is 0 Å². The van der Waals surface area contributed by atoms with Crippen LogP contribution < -0.4 is 5.32 Å². The number of fused-ring (bicyclic) bond motifs is 4. The van der Waals surface area contributed by atoms with Crippen molar-refractivity contribution in [3.8, 4) is 0 Å². The molecule has 7 heteroatoms. The first-order chi connectivity index (χ1) is 13.0. The predicted molar refractivity (Wildman–Crippen MR) is 102 cm³/mol. The number of aryl methyl sites for hydroxylation is 1. The molecule has 0 aliphatic carbocycles. The normalized spacial score (nSPS) is 30.9. The average Bonchev–Trinajstić information content (AvgIpc) is 3.05. The molecule has 2 bridgehead atoms. The number of hydrogen-bond donors (Lipinski definition) is 1. The number of nitrogens with one attached hydrogen (secondary N) is 1. The van der Waals surface area contributed by atoms with Gasteiger partial charge >= 0.3 is 0 Å². The third kappa shape index (κ3) is 3.88. The maximum absolute atomic E-state index is 12.7. The fourth-order valence-corrected chi connectivity index (χ4v) is 5.40. The lowest BCUT2D eigenvalue weighted by Gasteiger charge is -2.56. The maximum Gasteiger partial charge on any atom is 0.223 e. The van der Waals surface area contributed by atoms with Crippen molar-refractivity contribution in [2.75, 3.05) is 26.2 Å². The van der Waals surface area contributed by atoms with Crippen LogP contribution in [-0.2, 0) is 16.1 Å². The van der Waals surface area contributed by atoms with Crippen LogP contribution in [0.15, 0.2) is 12.3 Å². The topological polar surface area (TPSA) is 70.5 Å². The van der Waals surface area contributed by atoms with E-state index in [0.717, 1.165) is 44.7 Å². The number of hydrogen-bond acceptors (Lipinski definition) is 4. The second-order valence-corrected chi connectivity index (χ2v) is 8.50. The quantitative estimate of drug-likeness (QED) is 0.837. The van der Waals surface area contributed by atoms with Crippen molar-refractivity contribution >= 4 is 11.8 Å². The van der Waals surface area contributed by atoms with Crippen LogP contribution in [0, 0.1) is 18.8 Å². The summed E-state index contributed by atoms with van der Waals surface area (Å²) in [5.41, 5.74) is 1.05. The van der Waals surface area contributed by atoms with E-state index in [9.17, 15) is 9.59 Å². The van der Waals surface area contributed by atoms with Gasteiger partial charge in [-0.15, -0.1) is 0 Å². The Morgan fingerprint density at radius 2 is 2.11 bits per heavy atom. The Bertz CT molecular complexity index is 702. The minimum atomic E-state index is -0.0140. The van der Waals surface area contributed by atoms with Crippen LogP contribution >= 0.6 is 0 Å². The highest BCUT2D eigenvalue weighted by molar-refractivity contribution is 5.78. The van der Waals surface area contributed by atoms with Gasteiger partial charge in [-0.25, -0.2) is 0 Å². The van der Waals surface area contributed by atoms with Gasteiger partial charge in [-0.3, -0.25) is 14.3 Å². The summed E-state index contributed by atoms with van der Waals surface area (Å²) < 4.78 is 2.02. The Morgan fingerprint density at radius 3 is 2.85 bits per heavy atom. The molecule has 1 aromatic rings. The van der Waals surface area contributed by atoms with Gasteiger partial charge in [0.25, 0.3) is 0 Å². The lowest BCUT2D eigenvalue weighted by molar-refractivity contribution is -0.153. The zero-order chi connectivity index (χ0) is 19.0. The summed E-state index contributed by atoms with van der Waals surface area (Å²) in [5, 5.41) is 7.48. The molecule has 0 saturated carbocycles. The molecule has 0 radical (unpaired) electrons. The Hall–Kier alpha value is -1.89. The van der Waals surface area contributed by atoms with Gasteiger partial charge in [-0.1, -0.05) is 0 Å². The van der Waals surface area contributed by atoms with Crippen molar-refractivity contribution in [2.45, 2.75) is 58.2 Å². The average molecular weight is 374 g/mol. The summed E-state index contributed by atoms with van der Waals surface area (Å²) >= 11 is 0. The highest BCUT2D eigenvalue weighted by Gasteiger charge is 2.49. The SMILES string of the molecule is CC(=O)NC[C@H]1[C@H]2C[C@H](CN(CCn3ccc(C)n3)C2)[C@@H]2CCCC(=O)N21. The number of carbonyl (C=O) groups excluding carboxylic acids is 2. The fraction of sp³-hybridized carbons (Fsp3) is 0.750. The van der Waals surface area contributed by atoms with Gasteiger partial charge < -0.3 is 15.1 Å². The first kappa shape index (κ1) is 18.5.